The number of halogens is 1. The minimum Gasteiger partial charge on any atom is -0.458 e. The molecule has 3 aliphatic rings. The number of hydrogen-bond acceptors (Lipinski definition) is 2. The summed E-state index contributed by atoms with van der Waals surface area (Å²) in [7, 11) is 0. The average molecular weight is 395 g/mol. The predicted molar refractivity (Wildman–Crippen MR) is 102 cm³/mol. The Morgan fingerprint density at radius 1 is 1.46 bits per heavy atom. The molecule has 0 radical (unpaired) electrons. The van der Waals surface area contributed by atoms with Crippen molar-refractivity contribution in [3.05, 3.63) is 22.7 Å². The van der Waals surface area contributed by atoms with Crippen molar-refractivity contribution in [2.75, 3.05) is 0 Å². The van der Waals surface area contributed by atoms with Gasteiger partial charge in [0.05, 0.1) is 0 Å². The maximum atomic E-state index is 11.9. The van der Waals surface area contributed by atoms with Gasteiger partial charge in [0.1, 0.15) is 6.10 Å². The van der Waals surface area contributed by atoms with E-state index in [0.29, 0.717) is 16.9 Å². The number of esters is 1. The third-order valence-electron chi connectivity index (χ3n) is 7.33. The van der Waals surface area contributed by atoms with Crippen molar-refractivity contribution < 1.29 is 9.53 Å². The number of cyclic esters (lactones) is 1. The molecule has 2 nitrogen and oxygen atoms in total. The highest BCUT2D eigenvalue weighted by Crippen LogP contribution is 2.60. The third-order valence-corrected chi connectivity index (χ3v) is 7.91. The molecule has 24 heavy (non-hydrogen) atoms. The van der Waals surface area contributed by atoms with E-state index in [1.165, 1.54) is 32.1 Å². The minimum absolute atomic E-state index is 0.0439. The normalized spacial score (nSPS) is 42.2. The van der Waals surface area contributed by atoms with Crippen LogP contribution >= 0.6 is 15.9 Å². The van der Waals surface area contributed by atoms with Crippen LogP contribution in [0.3, 0.4) is 0 Å². The first-order valence-electron chi connectivity index (χ1n) is 9.61. The van der Waals surface area contributed by atoms with Gasteiger partial charge in [-0.05, 0) is 73.1 Å². The van der Waals surface area contributed by atoms with E-state index in [9.17, 15) is 4.79 Å². The first kappa shape index (κ1) is 18.2. The SMILES string of the molecule is C=C1C(=O)O[C@@H](C[C@@H](C)[C@H]2CC[C@H]3/C(=C/Br)CCC[C@]23C)[C@H]1CC. The van der Waals surface area contributed by atoms with Gasteiger partial charge in [0, 0.05) is 11.5 Å². The lowest BCUT2D eigenvalue weighted by Gasteiger charge is -2.44. The Morgan fingerprint density at radius 3 is 2.88 bits per heavy atom. The molecule has 1 aliphatic heterocycles. The van der Waals surface area contributed by atoms with Crippen LogP contribution in [0.4, 0.5) is 0 Å². The molecule has 0 unspecified atom stereocenters. The zero-order chi connectivity index (χ0) is 17.5. The molecule has 0 spiro atoms. The van der Waals surface area contributed by atoms with E-state index < -0.39 is 0 Å². The molecule has 3 fully saturated rings. The van der Waals surface area contributed by atoms with Crippen LogP contribution in [-0.2, 0) is 9.53 Å². The Labute approximate surface area is 155 Å². The molecule has 3 heteroatoms. The molecule has 0 aromatic rings. The monoisotopic (exact) mass is 394 g/mol. The van der Waals surface area contributed by atoms with Crippen LogP contribution in [0.25, 0.3) is 0 Å². The van der Waals surface area contributed by atoms with Crippen LogP contribution in [-0.4, -0.2) is 12.1 Å². The van der Waals surface area contributed by atoms with Gasteiger partial charge in [0.25, 0.3) is 0 Å². The average Bonchev–Trinajstić information content (AvgIpc) is 3.04. The Kier molecular flexibility index (Phi) is 5.30. The molecule has 0 bridgehead atoms. The van der Waals surface area contributed by atoms with Gasteiger partial charge in [0.2, 0.25) is 0 Å². The van der Waals surface area contributed by atoms with Crippen molar-refractivity contribution in [2.45, 2.75) is 71.8 Å². The molecular weight excluding hydrogens is 364 g/mol. The Hall–Kier alpha value is -0.570. The molecular formula is C21H31BrO2. The topological polar surface area (TPSA) is 26.3 Å². The number of rotatable bonds is 4. The predicted octanol–water partition coefficient (Wildman–Crippen LogP) is 6.02. The van der Waals surface area contributed by atoms with Crippen molar-refractivity contribution in [3.8, 4) is 0 Å². The summed E-state index contributed by atoms with van der Waals surface area (Å²) in [4.78, 5) is 14.1. The third kappa shape index (κ3) is 2.91. The first-order valence-corrected chi connectivity index (χ1v) is 10.5. The zero-order valence-corrected chi connectivity index (χ0v) is 16.9. The van der Waals surface area contributed by atoms with Crippen LogP contribution < -0.4 is 0 Å². The van der Waals surface area contributed by atoms with E-state index in [0.717, 1.165) is 24.7 Å². The van der Waals surface area contributed by atoms with Crippen LogP contribution in [0.1, 0.15) is 65.7 Å². The fraction of sp³-hybridized carbons (Fsp3) is 0.762. The second-order valence-electron chi connectivity index (χ2n) is 8.48. The van der Waals surface area contributed by atoms with Crippen LogP contribution in [0, 0.1) is 29.1 Å². The Balaban J connectivity index is 1.73. The maximum Gasteiger partial charge on any atom is 0.334 e. The summed E-state index contributed by atoms with van der Waals surface area (Å²) in [5, 5.41) is 0. The molecule has 6 atom stereocenters. The smallest absolute Gasteiger partial charge is 0.334 e. The van der Waals surface area contributed by atoms with Crippen LogP contribution in [0.5, 0.6) is 0 Å². The minimum atomic E-state index is -0.170. The van der Waals surface area contributed by atoms with Gasteiger partial charge >= 0.3 is 5.97 Å². The molecule has 1 saturated heterocycles. The quantitative estimate of drug-likeness (QED) is 0.430. The molecule has 0 amide bonds. The Bertz CT molecular complexity index is 552. The molecule has 0 aromatic heterocycles. The lowest BCUT2D eigenvalue weighted by atomic mass is 9.61. The number of fused-ring (bicyclic) bond motifs is 1. The second kappa shape index (κ2) is 6.97. The van der Waals surface area contributed by atoms with Crippen LogP contribution in [0.15, 0.2) is 22.7 Å². The summed E-state index contributed by atoms with van der Waals surface area (Å²) in [6.45, 7) is 11.0. The van der Waals surface area contributed by atoms with E-state index in [-0.39, 0.29) is 18.0 Å². The summed E-state index contributed by atoms with van der Waals surface area (Å²) >= 11 is 3.60. The van der Waals surface area contributed by atoms with E-state index in [1.807, 2.05) is 0 Å². The number of hydrogen-bond donors (Lipinski definition) is 0. The van der Waals surface area contributed by atoms with E-state index in [4.69, 9.17) is 4.74 Å². The first-order chi connectivity index (χ1) is 11.4. The maximum absolute atomic E-state index is 11.9. The number of allylic oxidation sites excluding steroid dienone is 1. The summed E-state index contributed by atoms with van der Waals surface area (Å²) in [5.74, 6) is 2.11. The van der Waals surface area contributed by atoms with Gasteiger partial charge in [0.15, 0.2) is 0 Å². The molecule has 2 aliphatic carbocycles. The van der Waals surface area contributed by atoms with Crippen molar-refractivity contribution in [3.63, 3.8) is 0 Å². The van der Waals surface area contributed by atoms with E-state index in [1.54, 1.807) is 5.57 Å². The van der Waals surface area contributed by atoms with Gasteiger partial charge in [-0.3, -0.25) is 0 Å². The van der Waals surface area contributed by atoms with Crippen molar-refractivity contribution in [1.29, 1.82) is 0 Å². The number of ether oxygens (including phenoxy) is 1. The highest BCUT2D eigenvalue weighted by Gasteiger charge is 2.51. The van der Waals surface area contributed by atoms with Gasteiger partial charge in [-0.15, -0.1) is 0 Å². The Morgan fingerprint density at radius 2 is 2.21 bits per heavy atom. The number of carbonyl (C=O) groups excluding carboxylic acids is 1. The highest BCUT2D eigenvalue weighted by atomic mass is 79.9. The van der Waals surface area contributed by atoms with Gasteiger partial charge in [-0.25, -0.2) is 4.79 Å². The molecule has 0 N–H and O–H groups in total. The molecule has 1 heterocycles. The zero-order valence-electron chi connectivity index (χ0n) is 15.3. The summed E-state index contributed by atoms with van der Waals surface area (Å²) in [6, 6.07) is 0. The van der Waals surface area contributed by atoms with E-state index >= 15 is 0 Å². The van der Waals surface area contributed by atoms with E-state index in [2.05, 4.69) is 48.3 Å². The summed E-state index contributed by atoms with van der Waals surface area (Å²) < 4.78 is 5.66. The van der Waals surface area contributed by atoms with Crippen molar-refractivity contribution in [1.82, 2.24) is 0 Å². The molecule has 2 saturated carbocycles. The van der Waals surface area contributed by atoms with Gasteiger partial charge in [-0.1, -0.05) is 48.9 Å². The second-order valence-corrected chi connectivity index (χ2v) is 8.93. The fourth-order valence-electron chi connectivity index (χ4n) is 6.07. The number of carbonyl (C=O) groups is 1. The molecule has 3 rings (SSSR count). The molecule has 0 aromatic carbocycles. The lowest BCUT2D eigenvalue weighted by Crippen LogP contribution is -2.37. The molecule has 134 valence electrons. The summed E-state index contributed by atoms with van der Waals surface area (Å²) in [6.07, 6.45) is 8.51. The van der Waals surface area contributed by atoms with Crippen molar-refractivity contribution >= 4 is 21.9 Å². The van der Waals surface area contributed by atoms with Crippen LogP contribution in [0.2, 0.25) is 0 Å². The van der Waals surface area contributed by atoms with Gasteiger partial charge < -0.3 is 4.74 Å². The fourth-order valence-corrected chi connectivity index (χ4v) is 6.62. The van der Waals surface area contributed by atoms with Crippen molar-refractivity contribution in [2.24, 2.45) is 29.1 Å². The largest absolute Gasteiger partial charge is 0.458 e. The summed E-state index contributed by atoms with van der Waals surface area (Å²) in [5.41, 5.74) is 2.72. The highest BCUT2D eigenvalue weighted by molar-refractivity contribution is 9.11. The van der Waals surface area contributed by atoms with Gasteiger partial charge in [-0.2, -0.15) is 0 Å². The standard InChI is InChI=1S/C21H31BrO2/c1-5-16-14(3)20(23)24-19(16)11-13(2)17-8-9-18-15(12-22)7-6-10-21(17,18)4/h12-13,16-19H,3,5-11H2,1-2,4H3/b15-12+/t13-,16+,17-,18+,19+,21-/m1/s1. The lowest BCUT2D eigenvalue weighted by molar-refractivity contribution is -0.140.